The number of esters is 1. The average molecular weight is 347 g/mol. The maximum atomic E-state index is 11.9. The molecule has 0 unspecified atom stereocenters. The van der Waals surface area contributed by atoms with E-state index in [2.05, 4.69) is 0 Å². The van der Waals surface area contributed by atoms with E-state index in [0.29, 0.717) is 11.5 Å². The predicted molar refractivity (Wildman–Crippen MR) is 92.6 cm³/mol. The first-order chi connectivity index (χ1) is 11.5. The minimum Gasteiger partial charge on any atom is -0.496 e. The van der Waals surface area contributed by atoms with Crippen molar-refractivity contribution in [3.8, 4) is 11.5 Å². The topological polar surface area (TPSA) is 78.7 Å². The van der Waals surface area contributed by atoms with E-state index in [0.717, 1.165) is 5.56 Å². The number of rotatable bonds is 7. The number of methoxy groups -OCH3 is 1. The standard InChI is InChI=1S/C17H17NO5S/c1-12-3-5-13(6-4-12)10-24-11-17(19)23-16-8-7-14(22-2)9-15(16)18(20)21/h3-9H,10-11H2,1-2H3. The minimum absolute atomic E-state index is 0.0817. The van der Waals surface area contributed by atoms with E-state index in [1.807, 2.05) is 31.2 Å². The van der Waals surface area contributed by atoms with Crippen LogP contribution in [0.1, 0.15) is 11.1 Å². The molecule has 0 aliphatic rings. The summed E-state index contributed by atoms with van der Waals surface area (Å²) >= 11 is 1.39. The third kappa shape index (κ3) is 4.99. The van der Waals surface area contributed by atoms with Crippen molar-refractivity contribution in [2.75, 3.05) is 12.9 Å². The molecule has 2 aromatic carbocycles. The number of ether oxygens (including phenoxy) is 2. The second-order valence-corrected chi connectivity index (χ2v) is 6.03. The van der Waals surface area contributed by atoms with Crippen LogP contribution in [0.25, 0.3) is 0 Å². The fraction of sp³-hybridized carbons (Fsp3) is 0.235. The molecule has 0 atom stereocenters. The Bertz CT molecular complexity index is 730. The van der Waals surface area contributed by atoms with Crippen LogP contribution < -0.4 is 9.47 Å². The van der Waals surface area contributed by atoms with Crippen LogP contribution in [-0.4, -0.2) is 23.8 Å². The van der Waals surface area contributed by atoms with E-state index in [1.165, 1.54) is 42.6 Å². The highest BCUT2D eigenvalue weighted by Crippen LogP contribution is 2.31. The number of carbonyl (C=O) groups excluding carboxylic acids is 1. The first-order valence-corrected chi connectivity index (χ1v) is 8.31. The van der Waals surface area contributed by atoms with Gasteiger partial charge in [0.2, 0.25) is 5.75 Å². The second-order valence-electron chi connectivity index (χ2n) is 5.04. The molecule has 24 heavy (non-hydrogen) atoms. The molecule has 0 N–H and O–H groups in total. The number of hydrogen-bond donors (Lipinski definition) is 0. The van der Waals surface area contributed by atoms with Crippen molar-refractivity contribution < 1.29 is 19.2 Å². The van der Waals surface area contributed by atoms with E-state index in [-0.39, 0.29) is 17.2 Å². The van der Waals surface area contributed by atoms with E-state index in [9.17, 15) is 14.9 Å². The number of aryl methyl sites for hydroxylation is 1. The number of benzene rings is 2. The summed E-state index contributed by atoms with van der Waals surface area (Å²) in [6, 6.07) is 12.1. The zero-order chi connectivity index (χ0) is 17.5. The Morgan fingerprint density at radius 2 is 1.92 bits per heavy atom. The average Bonchev–Trinajstić information content (AvgIpc) is 2.57. The highest BCUT2D eigenvalue weighted by Gasteiger charge is 2.19. The van der Waals surface area contributed by atoms with Crippen LogP contribution in [0.5, 0.6) is 11.5 Å². The first kappa shape index (κ1) is 17.8. The number of nitrogens with zero attached hydrogens (tertiary/aromatic N) is 1. The van der Waals surface area contributed by atoms with Crippen molar-refractivity contribution in [1.29, 1.82) is 0 Å². The molecule has 7 heteroatoms. The van der Waals surface area contributed by atoms with Crippen LogP contribution in [0.2, 0.25) is 0 Å². The number of nitro benzene ring substituents is 1. The molecule has 2 rings (SSSR count). The van der Waals surface area contributed by atoms with Crippen molar-refractivity contribution in [2.45, 2.75) is 12.7 Å². The Morgan fingerprint density at radius 1 is 1.21 bits per heavy atom. The Balaban J connectivity index is 1.92. The molecule has 0 bridgehead atoms. The molecule has 0 aliphatic carbocycles. The molecule has 0 saturated heterocycles. The molecule has 2 aromatic rings. The number of hydrogen-bond acceptors (Lipinski definition) is 6. The lowest BCUT2D eigenvalue weighted by Crippen LogP contribution is -2.12. The predicted octanol–water partition coefficient (Wildman–Crippen LogP) is 3.75. The van der Waals surface area contributed by atoms with Gasteiger partial charge in [0.1, 0.15) is 5.75 Å². The first-order valence-electron chi connectivity index (χ1n) is 7.16. The van der Waals surface area contributed by atoms with E-state index >= 15 is 0 Å². The van der Waals surface area contributed by atoms with E-state index < -0.39 is 10.9 Å². The summed E-state index contributed by atoms with van der Waals surface area (Å²) in [4.78, 5) is 22.3. The number of thioether (sulfide) groups is 1. The normalized spacial score (nSPS) is 10.2. The van der Waals surface area contributed by atoms with Crippen LogP contribution in [0.3, 0.4) is 0 Å². The second kappa shape index (κ2) is 8.35. The Labute approximate surface area is 143 Å². The van der Waals surface area contributed by atoms with Gasteiger partial charge in [0, 0.05) is 5.75 Å². The van der Waals surface area contributed by atoms with Gasteiger partial charge in [0.25, 0.3) is 0 Å². The van der Waals surface area contributed by atoms with Crippen molar-refractivity contribution >= 4 is 23.4 Å². The number of carbonyl (C=O) groups is 1. The highest BCUT2D eigenvalue weighted by molar-refractivity contribution is 7.99. The SMILES string of the molecule is COc1ccc(OC(=O)CSCc2ccc(C)cc2)c([N+](=O)[O-])c1. The molecule has 0 amide bonds. The van der Waals surface area contributed by atoms with Gasteiger partial charge < -0.3 is 9.47 Å². The number of nitro groups is 1. The lowest BCUT2D eigenvalue weighted by Gasteiger charge is -2.07. The van der Waals surface area contributed by atoms with Gasteiger partial charge in [-0.3, -0.25) is 14.9 Å². The van der Waals surface area contributed by atoms with E-state index in [1.54, 1.807) is 0 Å². The van der Waals surface area contributed by atoms with Crippen molar-refractivity contribution in [3.63, 3.8) is 0 Å². The Hall–Kier alpha value is -2.54. The zero-order valence-corrected chi connectivity index (χ0v) is 14.2. The summed E-state index contributed by atoms with van der Waals surface area (Å²) in [7, 11) is 1.41. The van der Waals surface area contributed by atoms with E-state index in [4.69, 9.17) is 9.47 Å². The quantitative estimate of drug-likeness (QED) is 0.328. The van der Waals surface area contributed by atoms with Crippen molar-refractivity contribution in [2.24, 2.45) is 0 Å². The Kier molecular flexibility index (Phi) is 6.20. The summed E-state index contributed by atoms with van der Waals surface area (Å²) in [5.74, 6) is 0.495. The highest BCUT2D eigenvalue weighted by atomic mass is 32.2. The maximum absolute atomic E-state index is 11.9. The molecule has 0 radical (unpaired) electrons. The largest absolute Gasteiger partial charge is 0.496 e. The zero-order valence-electron chi connectivity index (χ0n) is 13.4. The van der Waals surface area contributed by atoms with Gasteiger partial charge in [-0.25, -0.2) is 0 Å². The fourth-order valence-electron chi connectivity index (χ4n) is 1.94. The lowest BCUT2D eigenvalue weighted by atomic mass is 10.2. The fourth-order valence-corrected chi connectivity index (χ4v) is 2.70. The van der Waals surface area contributed by atoms with Gasteiger partial charge in [-0.05, 0) is 24.6 Å². The molecule has 6 nitrogen and oxygen atoms in total. The van der Waals surface area contributed by atoms with Crippen LogP contribution in [0, 0.1) is 17.0 Å². The molecule has 126 valence electrons. The Morgan fingerprint density at radius 3 is 2.54 bits per heavy atom. The summed E-state index contributed by atoms with van der Waals surface area (Å²) in [5.41, 5.74) is 1.98. The molecule has 0 spiro atoms. The van der Waals surface area contributed by atoms with Gasteiger partial charge in [-0.15, -0.1) is 11.8 Å². The van der Waals surface area contributed by atoms with Gasteiger partial charge in [-0.2, -0.15) is 0 Å². The van der Waals surface area contributed by atoms with Crippen LogP contribution in [0.15, 0.2) is 42.5 Å². The molecule has 0 aromatic heterocycles. The van der Waals surface area contributed by atoms with Gasteiger partial charge in [0.15, 0.2) is 0 Å². The van der Waals surface area contributed by atoms with Crippen molar-refractivity contribution in [3.05, 3.63) is 63.7 Å². The lowest BCUT2D eigenvalue weighted by molar-refractivity contribution is -0.385. The van der Waals surface area contributed by atoms with Crippen LogP contribution >= 0.6 is 11.8 Å². The molecular weight excluding hydrogens is 330 g/mol. The molecule has 0 aliphatic heterocycles. The van der Waals surface area contributed by atoms with Gasteiger partial charge in [0.05, 0.1) is 23.9 Å². The van der Waals surface area contributed by atoms with Gasteiger partial charge >= 0.3 is 11.7 Å². The third-order valence-corrected chi connectivity index (χ3v) is 4.17. The van der Waals surface area contributed by atoms with Gasteiger partial charge in [-0.1, -0.05) is 29.8 Å². The summed E-state index contributed by atoms with van der Waals surface area (Å²) in [6.45, 7) is 2.01. The van der Waals surface area contributed by atoms with Crippen LogP contribution in [-0.2, 0) is 10.5 Å². The minimum atomic E-state index is -0.607. The smallest absolute Gasteiger partial charge is 0.321 e. The summed E-state index contributed by atoms with van der Waals surface area (Å²) < 4.78 is 10.0. The van der Waals surface area contributed by atoms with Crippen LogP contribution in [0.4, 0.5) is 5.69 Å². The third-order valence-electron chi connectivity index (χ3n) is 3.20. The van der Waals surface area contributed by atoms with Crippen molar-refractivity contribution in [1.82, 2.24) is 0 Å². The molecule has 0 fully saturated rings. The monoisotopic (exact) mass is 347 g/mol. The molecule has 0 heterocycles. The summed E-state index contributed by atoms with van der Waals surface area (Å²) in [6.07, 6.45) is 0. The molecule has 0 saturated carbocycles. The summed E-state index contributed by atoms with van der Waals surface area (Å²) in [5, 5.41) is 11.1. The molecular formula is C17H17NO5S. The maximum Gasteiger partial charge on any atom is 0.321 e.